The zero-order valence-corrected chi connectivity index (χ0v) is 9.77. The summed E-state index contributed by atoms with van der Waals surface area (Å²) >= 11 is 0. The summed E-state index contributed by atoms with van der Waals surface area (Å²) in [5.74, 6) is 6.56. The van der Waals surface area contributed by atoms with E-state index in [1.807, 2.05) is 0 Å². The molecule has 8 bridgehead atoms. The molecule has 0 spiro atoms. The first-order chi connectivity index (χ1) is 7.82. The van der Waals surface area contributed by atoms with Crippen LogP contribution < -0.4 is 0 Å². The molecule has 0 aromatic carbocycles. The molecule has 0 saturated heterocycles. The topological polar surface area (TPSA) is 17.1 Å². The Morgan fingerprint density at radius 1 is 0.812 bits per heavy atom. The number of carbonyl (C=O) groups is 1. The molecule has 1 nitrogen and oxygen atoms in total. The zero-order chi connectivity index (χ0) is 10.5. The second kappa shape index (κ2) is 2.42. The van der Waals surface area contributed by atoms with E-state index in [0.717, 1.165) is 41.4 Å². The molecule has 0 radical (unpaired) electrons. The van der Waals surface area contributed by atoms with E-state index < -0.39 is 0 Å². The van der Waals surface area contributed by atoms with Gasteiger partial charge in [-0.25, -0.2) is 0 Å². The maximum absolute atomic E-state index is 11.8. The minimum atomic E-state index is 0.184. The summed E-state index contributed by atoms with van der Waals surface area (Å²) < 4.78 is 0. The molecule has 1 heteroatoms. The van der Waals surface area contributed by atoms with Crippen LogP contribution in [0.5, 0.6) is 0 Å². The first kappa shape index (κ1) is 8.72. The lowest BCUT2D eigenvalue weighted by molar-refractivity contribution is -0.241. The third-order valence-corrected chi connectivity index (χ3v) is 7.37. The summed E-state index contributed by atoms with van der Waals surface area (Å²) in [6.07, 6.45) is 10.0. The standard InChI is InChI=1S/C15H20O/c16-7-15-6-9-2-11-10-1-8(4-13(11)15)5-14(15)12(10)3-9/h7-14H,1-6H2. The maximum Gasteiger partial charge on any atom is 0.126 e. The predicted octanol–water partition coefficient (Wildman–Crippen LogP) is 2.89. The van der Waals surface area contributed by atoms with Crippen molar-refractivity contribution >= 4 is 6.29 Å². The van der Waals surface area contributed by atoms with Crippen molar-refractivity contribution in [2.45, 2.75) is 38.5 Å². The van der Waals surface area contributed by atoms with Gasteiger partial charge in [-0.2, -0.15) is 0 Å². The fourth-order valence-corrected chi connectivity index (χ4v) is 7.25. The summed E-state index contributed by atoms with van der Waals surface area (Å²) in [7, 11) is 0. The summed E-state index contributed by atoms with van der Waals surface area (Å²) in [5, 5.41) is 0. The number of hydrogen-bond acceptors (Lipinski definition) is 1. The fourth-order valence-electron chi connectivity index (χ4n) is 7.25. The third kappa shape index (κ3) is 0.708. The molecule has 7 aliphatic rings. The molecule has 86 valence electrons. The highest BCUT2D eigenvalue weighted by Gasteiger charge is 2.69. The van der Waals surface area contributed by atoms with Crippen LogP contribution in [0.1, 0.15) is 38.5 Å². The first-order valence-electron chi connectivity index (χ1n) is 7.28. The summed E-state index contributed by atoms with van der Waals surface area (Å²) in [4.78, 5) is 11.8. The molecule has 7 rings (SSSR count). The van der Waals surface area contributed by atoms with Gasteiger partial charge in [-0.1, -0.05) is 0 Å². The Morgan fingerprint density at radius 3 is 2.06 bits per heavy atom. The molecular formula is C15H20O. The van der Waals surface area contributed by atoms with Gasteiger partial charge in [0.15, 0.2) is 0 Å². The van der Waals surface area contributed by atoms with E-state index in [1.165, 1.54) is 44.8 Å². The molecule has 0 aromatic rings. The molecule has 7 saturated carbocycles. The lowest BCUT2D eigenvalue weighted by Crippen LogP contribution is -2.68. The van der Waals surface area contributed by atoms with E-state index in [4.69, 9.17) is 0 Å². The van der Waals surface area contributed by atoms with Crippen LogP contribution in [0.25, 0.3) is 0 Å². The molecule has 7 fully saturated rings. The Balaban J connectivity index is 1.74. The van der Waals surface area contributed by atoms with E-state index in [0.29, 0.717) is 0 Å². The van der Waals surface area contributed by atoms with Crippen LogP contribution in [-0.4, -0.2) is 6.29 Å². The minimum Gasteiger partial charge on any atom is -0.303 e. The van der Waals surface area contributed by atoms with E-state index >= 15 is 0 Å². The lowest BCUT2D eigenvalue weighted by atomic mass is 9.31. The van der Waals surface area contributed by atoms with Gasteiger partial charge in [0.1, 0.15) is 6.29 Å². The van der Waals surface area contributed by atoms with Crippen LogP contribution >= 0.6 is 0 Å². The quantitative estimate of drug-likeness (QED) is 0.616. The summed E-state index contributed by atoms with van der Waals surface area (Å²) in [5.41, 5.74) is 0.184. The molecule has 16 heavy (non-hydrogen) atoms. The van der Waals surface area contributed by atoms with Gasteiger partial charge in [0.2, 0.25) is 0 Å². The van der Waals surface area contributed by atoms with Crippen LogP contribution in [0.15, 0.2) is 0 Å². The Kier molecular flexibility index (Phi) is 1.32. The molecule has 0 aromatic heterocycles. The van der Waals surface area contributed by atoms with Gasteiger partial charge in [0.05, 0.1) is 0 Å². The Morgan fingerprint density at radius 2 is 1.44 bits per heavy atom. The normalized spacial score (nSPS) is 68.9. The van der Waals surface area contributed by atoms with Gasteiger partial charge >= 0.3 is 0 Å². The SMILES string of the molecule is O=CC12CC3CC4C5CC(CC41)CC2C5C3. The van der Waals surface area contributed by atoms with E-state index in [1.54, 1.807) is 0 Å². The van der Waals surface area contributed by atoms with Gasteiger partial charge in [-0.05, 0) is 80.0 Å². The molecule has 0 aliphatic heterocycles. The van der Waals surface area contributed by atoms with Crippen LogP contribution in [0.3, 0.4) is 0 Å². The van der Waals surface area contributed by atoms with Crippen molar-refractivity contribution in [1.82, 2.24) is 0 Å². The first-order valence-corrected chi connectivity index (χ1v) is 7.28. The molecule has 4 atom stereocenters. The smallest absolute Gasteiger partial charge is 0.126 e. The molecule has 0 amide bonds. The molecular weight excluding hydrogens is 196 g/mol. The Bertz CT molecular complexity index is 350. The van der Waals surface area contributed by atoms with E-state index in [2.05, 4.69) is 0 Å². The van der Waals surface area contributed by atoms with Gasteiger partial charge in [0.25, 0.3) is 0 Å². The lowest BCUT2D eigenvalue weighted by Gasteiger charge is -2.73. The van der Waals surface area contributed by atoms with Crippen LogP contribution in [0, 0.1) is 46.8 Å². The van der Waals surface area contributed by atoms with Crippen molar-refractivity contribution in [3.63, 3.8) is 0 Å². The molecule has 0 N–H and O–H groups in total. The highest BCUT2D eigenvalue weighted by atomic mass is 16.1. The van der Waals surface area contributed by atoms with Crippen molar-refractivity contribution < 1.29 is 4.79 Å². The largest absolute Gasteiger partial charge is 0.303 e. The Hall–Kier alpha value is -0.330. The van der Waals surface area contributed by atoms with Crippen molar-refractivity contribution in [3.05, 3.63) is 0 Å². The number of aldehydes is 1. The van der Waals surface area contributed by atoms with Gasteiger partial charge in [-0.3, -0.25) is 0 Å². The van der Waals surface area contributed by atoms with Crippen LogP contribution in [-0.2, 0) is 4.79 Å². The van der Waals surface area contributed by atoms with Crippen molar-refractivity contribution in [1.29, 1.82) is 0 Å². The highest BCUT2D eigenvalue weighted by molar-refractivity contribution is 5.63. The summed E-state index contributed by atoms with van der Waals surface area (Å²) in [6, 6.07) is 0. The minimum absolute atomic E-state index is 0.184. The monoisotopic (exact) mass is 216 g/mol. The Labute approximate surface area is 97.0 Å². The van der Waals surface area contributed by atoms with Crippen molar-refractivity contribution in [2.24, 2.45) is 46.8 Å². The average Bonchev–Trinajstić information content (AvgIpc) is 2.34. The third-order valence-electron chi connectivity index (χ3n) is 7.37. The summed E-state index contributed by atoms with van der Waals surface area (Å²) in [6.45, 7) is 0. The average molecular weight is 216 g/mol. The van der Waals surface area contributed by atoms with E-state index in [9.17, 15) is 4.79 Å². The van der Waals surface area contributed by atoms with Gasteiger partial charge < -0.3 is 4.79 Å². The predicted molar refractivity (Wildman–Crippen MR) is 60.6 cm³/mol. The highest BCUT2D eigenvalue weighted by Crippen LogP contribution is 2.75. The number of carbonyl (C=O) groups excluding carboxylic acids is 1. The fraction of sp³-hybridized carbons (Fsp3) is 0.933. The molecule has 7 aliphatic carbocycles. The second-order valence-corrected chi connectivity index (χ2v) is 7.55. The van der Waals surface area contributed by atoms with Crippen molar-refractivity contribution in [3.8, 4) is 0 Å². The second-order valence-electron chi connectivity index (χ2n) is 7.55. The van der Waals surface area contributed by atoms with Gasteiger partial charge in [-0.15, -0.1) is 0 Å². The molecule has 0 heterocycles. The van der Waals surface area contributed by atoms with Crippen LogP contribution in [0.4, 0.5) is 0 Å². The van der Waals surface area contributed by atoms with E-state index in [-0.39, 0.29) is 5.41 Å². The number of rotatable bonds is 1. The molecule has 4 unspecified atom stereocenters. The zero-order valence-electron chi connectivity index (χ0n) is 9.77. The van der Waals surface area contributed by atoms with Crippen molar-refractivity contribution in [2.75, 3.05) is 0 Å². The van der Waals surface area contributed by atoms with Crippen LogP contribution in [0.2, 0.25) is 0 Å². The maximum atomic E-state index is 11.8. The number of hydrogen-bond donors (Lipinski definition) is 0. The van der Waals surface area contributed by atoms with Gasteiger partial charge in [0, 0.05) is 5.41 Å².